The summed E-state index contributed by atoms with van der Waals surface area (Å²) in [5.41, 5.74) is 0.623. The highest BCUT2D eigenvalue weighted by molar-refractivity contribution is 5.94. The molecule has 0 aliphatic carbocycles. The quantitative estimate of drug-likeness (QED) is 0.822. The molecule has 0 spiro atoms. The van der Waals surface area contributed by atoms with Crippen molar-refractivity contribution in [1.82, 2.24) is 5.32 Å². The van der Waals surface area contributed by atoms with Gasteiger partial charge in [-0.25, -0.2) is 4.39 Å². The normalized spacial score (nSPS) is 14.3. The predicted octanol–water partition coefficient (Wildman–Crippen LogP) is 3.58. The van der Waals surface area contributed by atoms with Gasteiger partial charge < -0.3 is 5.32 Å². The molecular weight excluding hydrogens is 229 g/mol. The number of alkyl halides is 1. The molecule has 0 bridgehead atoms. The van der Waals surface area contributed by atoms with Crippen molar-refractivity contribution in [3.8, 4) is 0 Å². The highest BCUT2D eigenvalue weighted by Gasteiger charge is 2.17. The van der Waals surface area contributed by atoms with Crippen LogP contribution >= 0.6 is 0 Å². The summed E-state index contributed by atoms with van der Waals surface area (Å²) in [6.07, 6.45) is 0.272. The fraction of sp³-hybridized carbons (Fsp3) is 0.533. The van der Waals surface area contributed by atoms with Crippen LogP contribution in [0.4, 0.5) is 4.39 Å². The molecule has 18 heavy (non-hydrogen) atoms. The summed E-state index contributed by atoms with van der Waals surface area (Å²) in [6.45, 7) is 5.68. The molecule has 2 atom stereocenters. The number of hydrogen-bond acceptors (Lipinski definition) is 1. The van der Waals surface area contributed by atoms with Crippen molar-refractivity contribution >= 4 is 5.91 Å². The Balaban J connectivity index is 2.62. The van der Waals surface area contributed by atoms with Crippen molar-refractivity contribution < 1.29 is 9.18 Å². The van der Waals surface area contributed by atoms with Gasteiger partial charge in [-0.15, -0.1) is 0 Å². The Hall–Kier alpha value is -1.38. The Morgan fingerprint density at radius 2 is 1.78 bits per heavy atom. The van der Waals surface area contributed by atoms with E-state index in [1.54, 1.807) is 12.1 Å². The van der Waals surface area contributed by atoms with Crippen molar-refractivity contribution in [1.29, 1.82) is 0 Å². The average molecular weight is 251 g/mol. The Morgan fingerprint density at radius 1 is 1.17 bits per heavy atom. The fourth-order valence-corrected chi connectivity index (χ4v) is 2.03. The lowest BCUT2D eigenvalue weighted by Crippen LogP contribution is -2.37. The van der Waals surface area contributed by atoms with E-state index in [0.29, 0.717) is 17.9 Å². The van der Waals surface area contributed by atoms with Gasteiger partial charge in [-0.05, 0) is 37.8 Å². The Morgan fingerprint density at radius 3 is 2.28 bits per heavy atom. The second-order valence-electron chi connectivity index (χ2n) is 5.18. The molecule has 0 aliphatic heterocycles. The number of amides is 1. The molecule has 0 aliphatic rings. The first kappa shape index (κ1) is 14.7. The van der Waals surface area contributed by atoms with Gasteiger partial charge in [0.1, 0.15) is 0 Å². The van der Waals surface area contributed by atoms with Crippen LogP contribution < -0.4 is 5.32 Å². The summed E-state index contributed by atoms with van der Waals surface area (Å²) in [5, 5.41) is 2.92. The van der Waals surface area contributed by atoms with Crippen LogP contribution in [0.25, 0.3) is 0 Å². The number of nitrogens with one attached hydrogen (secondary N) is 1. The number of hydrogen-bond donors (Lipinski definition) is 1. The molecule has 0 fully saturated rings. The topological polar surface area (TPSA) is 29.1 Å². The van der Waals surface area contributed by atoms with Gasteiger partial charge in [0.2, 0.25) is 0 Å². The van der Waals surface area contributed by atoms with Crippen LogP contribution in [-0.4, -0.2) is 18.1 Å². The van der Waals surface area contributed by atoms with Gasteiger partial charge in [0.05, 0.1) is 6.17 Å². The lowest BCUT2D eigenvalue weighted by Gasteiger charge is -2.21. The number of benzene rings is 1. The molecule has 100 valence electrons. The highest BCUT2D eigenvalue weighted by Crippen LogP contribution is 2.12. The van der Waals surface area contributed by atoms with Crippen molar-refractivity contribution in [2.24, 2.45) is 5.92 Å². The second kappa shape index (κ2) is 7.14. The smallest absolute Gasteiger partial charge is 0.251 e. The van der Waals surface area contributed by atoms with Crippen molar-refractivity contribution in [3.05, 3.63) is 35.9 Å². The minimum atomic E-state index is -0.898. The van der Waals surface area contributed by atoms with Crippen molar-refractivity contribution in [2.75, 3.05) is 0 Å². The molecule has 0 heterocycles. The van der Waals surface area contributed by atoms with Crippen LogP contribution in [0.1, 0.15) is 44.0 Å². The van der Waals surface area contributed by atoms with Crippen LogP contribution in [0.2, 0.25) is 0 Å². The molecule has 2 nitrogen and oxygen atoms in total. The van der Waals surface area contributed by atoms with Crippen LogP contribution in [0.15, 0.2) is 30.3 Å². The third kappa shape index (κ3) is 5.30. The molecule has 2 unspecified atom stereocenters. The Kier molecular flexibility index (Phi) is 5.83. The van der Waals surface area contributed by atoms with Gasteiger partial charge in [-0.3, -0.25) is 4.79 Å². The minimum absolute atomic E-state index is 0.0993. The van der Waals surface area contributed by atoms with E-state index in [4.69, 9.17) is 0 Å². The van der Waals surface area contributed by atoms with Crippen LogP contribution in [0.5, 0.6) is 0 Å². The summed E-state index contributed by atoms with van der Waals surface area (Å²) in [5.74, 6) is 0.312. The van der Waals surface area contributed by atoms with E-state index in [1.165, 1.54) is 6.92 Å². The maximum absolute atomic E-state index is 13.1. The van der Waals surface area contributed by atoms with E-state index >= 15 is 0 Å². The van der Waals surface area contributed by atoms with Gasteiger partial charge in [0.25, 0.3) is 5.91 Å². The zero-order valence-electron chi connectivity index (χ0n) is 11.3. The monoisotopic (exact) mass is 251 g/mol. The lowest BCUT2D eigenvalue weighted by atomic mass is 9.99. The van der Waals surface area contributed by atoms with Gasteiger partial charge >= 0.3 is 0 Å². The number of rotatable bonds is 6. The number of carbonyl (C=O) groups excluding carboxylic acids is 1. The summed E-state index contributed by atoms with van der Waals surface area (Å²) in [4.78, 5) is 12.0. The fourth-order valence-electron chi connectivity index (χ4n) is 2.03. The van der Waals surface area contributed by atoms with E-state index in [2.05, 4.69) is 19.2 Å². The van der Waals surface area contributed by atoms with Crippen LogP contribution in [-0.2, 0) is 0 Å². The van der Waals surface area contributed by atoms with Crippen LogP contribution in [0, 0.1) is 5.92 Å². The molecule has 3 heteroatoms. The molecule has 1 N–H and O–H groups in total. The summed E-state index contributed by atoms with van der Waals surface area (Å²) in [6, 6.07) is 8.94. The maximum Gasteiger partial charge on any atom is 0.251 e. The average Bonchev–Trinajstić information content (AvgIpc) is 2.28. The standard InChI is InChI=1S/C15H22FNO/c1-11(2)9-14(10-12(3)16)17-15(18)13-7-5-4-6-8-13/h4-8,11-12,14H,9-10H2,1-3H3,(H,17,18). The molecular formula is C15H22FNO. The largest absolute Gasteiger partial charge is 0.349 e. The van der Waals surface area contributed by atoms with Gasteiger partial charge in [0.15, 0.2) is 0 Å². The Bertz CT molecular complexity index is 352. The molecule has 1 amide bonds. The third-order valence-corrected chi connectivity index (χ3v) is 2.74. The van der Waals surface area contributed by atoms with Crippen molar-refractivity contribution in [2.45, 2.75) is 45.8 Å². The van der Waals surface area contributed by atoms with E-state index in [1.807, 2.05) is 18.2 Å². The predicted molar refractivity (Wildman–Crippen MR) is 72.3 cm³/mol. The molecule has 1 aromatic carbocycles. The molecule has 1 rings (SSSR count). The van der Waals surface area contributed by atoms with E-state index in [0.717, 1.165) is 6.42 Å². The molecule has 1 aromatic rings. The van der Waals surface area contributed by atoms with Gasteiger partial charge in [-0.1, -0.05) is 32.0 Å². The second-order valence-corrected chi connectivity index (χ2v) is 5.18. The zero-order valence-corrected chi connectivity index (χ0v) is 11.3. The van der Waals surface area contributed by atoms with Gasteiger partial charge in [0, 0.05) is 11.6 Å². The van der Waals surface area contributed by atoms with E-state index in [9.17, 15) is 9.18 Å². The molecule has 0 aromatic heterocycles. The lowest BCUT2D eigenvalue weighted by molar-refractivity contribution is 0.0923. The van der Waals surface area contributed by atoms with Crippen LogP contribution in [0.3, 0.4) is 0 Å². The SMILES string of the molecule is CC(C)CC(CC(C)F)NC(=O)c1ccccc1. The summed E-state index contributed by atoms with van der Waals surface area (Å²) in [7, 11) is 0. The minimum Gasteiger partial charge on any atom is -0.349 e. The summed E-state index contributed by atoms with van der Waals surface area (Å²) < 4.78 is 13.1. The van der Waals surface area contributed by atoms with Gasteiger partial charge in [-0.2, -0.15) is 0 Å². The first-order valence-corrected chi connectivity index (χ1v) is 6.49. The van der Waals surface area contributed by atoms with Crippen molar-refractivity contribution in [3.63, 3.8) is 0 Å². The molecule has 0 radical (unpaired) electrons. The maximum atomic E-state index is 13.1. The third-order valence-electron chi connectivity index (χ3n) is 2.74. The first-order valence-electron chi connectivity index (χ1n) is 6.49. The number of halogens is 1. The highest BCUT2D eigenvalue weighted by atomic mass is 19.1. The first-order chi connectivity index (χ1) is 8.49. The van der Waals surface area contributed by atoms with E-state index < -0.39 is 6.17 Å². The molecule has 0 saturated carbocycles. The number of carbonyl (C=O) groups is 1. The molecule has 0 saturated heterocycles. The zero-order chi connectivity index (χ0) is 13.5. The van der Waals surface area contributed by atoms with E-state index in [-0.39, 0.29) is 11.9 Å². The Labute approximate surface area is 109 Å². The summed E-state index contributed by atoms with van der Waals surface area (Å²) >= 11 is 0.